The zero-order valence-corrected chi connectivity index (χ0v) is 17.8. The first-order valence-corrected chi connectivity index (χ1v) is 10.8. The molecule has 1 aromatic rings. The Morgan fingerprint density at radius 2 is 2.07 bits per heavy atom. The minimum absolute atomic E-state index is 0.241. The lowest BCUT2D eigenvalue weighted by Crippen LogP contribution is -2.45. The van der Waals surface area contributed by atoms with Crippen LogP contribution < -0.4 is 10.6 Å². The lowest BCUT2D eigenvalue weighted by Gasteiger charge is -2.21. The maximum absolute atomic E-state index is 12.7. The summed E-state index contributed by atoms with van der Waals surface area (Å²) >= 11 is 0. The molecule has 0 bridgehead atoms. The molecule has 2 fully saturated rings. The Kier molecular flexibility index (Phi) is 6.97. The van der Waals surface area contributed by atoms with Crippen molar-refractivity contribution in [1.29, 1.82) is 0 Å². The van der Waals surface area contributed by atoms with Crippen molar-refractivity contribution in [2.75, 3.05) is 26.2 Å². The SMILES string of the molecule is CCNC(=NCC(C)c1c(C)noc1C)NC1CCN(C(=O)C2CCCC2)C1. The molecule has 2 atom stereocenters. The van der Waals surface area contributed by atoms with Gasteiger partial charge in [-0.25, -0.2) is 0 Å². The monoisotopic (exact) mass is 389 g/mol. The Morgan fingerprint density at radius 3 is 2.71 bits per heavy atom. The van der Waals surface area contributed by atoms with Crippen molar-refractivity contribution in [3.63, 3.8) is 0 Å². The van der Waals surface area contributed by atoms with Gasteiger partial charge in [-0.2, -0.15) is 0 Å². The molecule has 0 spiro atoms. The van der Waals surface area contributed by atoms with Crippen LogP contribution >= 0.6 is 0 Å². The minimum Gasteiger partial charge on any atom is -0.361 e. The highest BCUT2D eigenvalue weighted by atomic mass is 16.5. The van der Waals surface area contributed by atoms with Gasteiger partial charge in [0.1, 0.15) is 5.76 Å². The molecule has 0 radical (unpaired) electrons. The van der Waals surface area contributed by atoms with E-state index in [-0.39, 0.29) is 17.9 Å². The van der Waals surface area contributed by atoms with E-state index in [4.69, 9.17) is 9.52 Å². The topological polar surface area (TPSA) is 82.8 Å². The summed E-state index contributed by atoms with van der Waals surface area (Å²) in [4.78, 5) is 19.5. The van der Waals surface area contributed by atoms with Crippen molar-refractivity contribution < 1.29 is 9.32 Å². The van der Waals surface area contributed by atoms with Crippen LogP contribution in [-0.4, -0.2) is 54.1 Å². The highest BCUT2D eigenvalue weighted by Crippen LogP contribution is 2.28. The normalized spacial score (nSPS) is 21.9. The first kappa shape index (κ1) is 20.7. The summed E-state index contributed by atoms with van der Waals surface area (Å²) in [6, 6.07) is 0.262. The Hall–Kier alpha value is -2.05. The Balaban J connectivity index is 1.55. The smallest absolute Gasteiger partial charge is 0.225 e. The number of hydrogen-bond donors (Lipinski definition) is 2. The molecule has 1 saturated carbocycles. The van der Waals surface area contributed by atoms with Crippen molar-refractivity contribution >= 4 is 11.9 Å². The van der Waals surface area contributed by atoms with Crippen LogP contribution in [0.5, 0.6) is 0 Å². The average molecular weight is 390 g/mol. The lowest BCUT2D eigenvalue weighted by molar-refractivity contribution is -0.134. The van der Waals surface area contributed by atoms with Gasteiger partial charge in [-0.15, -0.1) is 0 Å². The molecular formula is C21H35N5O2. The van der Waals surface area contributed by atoms with Crippen molar-refractivity contribution in [3.8, 4) is 0 Å². The number of likely N-dealkylation sites (tertiary alicyclic amines) is 1. The Morgan fingerprint density at radius 1 is 1.32 bits per heavy atom. The van der Waals surface area contributed by atoms with E-state index in [1.54, 1.807) is 0 Å². The number of aryl methyl sites for hydroxylation is 2. The largest absolute Gasteiger partial charge is 0.361 e. The first-order chi connectivity index (χ1) is 13.5. The molecule has 2 aliphatic rings. The average Bonchev–Trinajstić information content (AvgIpc) is 3.41. The summed E-state index contributed by atoms with van der Waals surface area (Å²) < 4.78 is 5.29. The molecule has 0 aromatic carbocycles. The van der Waals surface area contributed by atoms with E-state index in [0.29, 0.717) is 12.5 Å². The van der Waals surface area contributed by atoms with Crippen LogP contribution in [0.1, 0.15) is 68.9 Å². The van der Waals surface area contributed by atoms with Crippen LogP contribution in [0.25, 0.3) is 0 Å². The van der Waals surface area contributed by atoms with Crippen LogP contribution in [-0.2, 0) is 4.79 Å². The third-order valence-corrected chi connectivity index (χ3v) is 5.99. The van der Waals surface area contributed by atoms with Gasteiger partial charge in [-0.05, 0) is 40.0 Å². The predicted molar refractivity (Wildman–Crippen MR) is 110 cm³/mol. The number of aliphatic imine (C=N–C) groups is 1. The maximum atomic E-state index is 12.7. The summed E-state index contributed by atoms with van der Waals surface area (Å²) in [5.74, 6) is 2.55. The lowest BCUT2D eigenvalue weighted by atomic mass is 10.00. The second-order valence-electron chi connectivity index (χ2n) is 8.25. The van der Waals surface area contributed by atoms with Crippen molar-refractivity contribution in [1.82, 2.24) is 20.7 Å². The molecule has 3 rings (SSSR count). The van der Waals surface area contributed by atoms with Gasteiger partial charge in [0.05, 0.1) is 5.69 Å². The molecule has 156 valence electrons. The molecule has 2 N–H and O–H groups in total. The van der Waals surface area contributed by atoms with Gasteiger partial charge in [0, 0.05) is 49.6 Å². The van der Waals surface area contributed by atoms with Crippen LogP contribution in [0.3, 0.4) is 0 Å². The molecule has 7 nitrogen and oxygen atoms in total. The van der Waals surface area contributed by atoms with Crippen molar-refractivity contribution in [3.05, 3.63) is 17.0 Å². The molecule has 1 saturated heterocycles. The zero-order chi connectivity index (χ0) is 20.1. The maximum Gasteiger partial charge on any atom is 0.225 e. The van der Waals surface area contributed by atoms with Crippen molar-refractivity contribution in [2.45, 2.75) is 71.8 Å². The highest BCUT2D eigenvalue weighted by Gasteiger charge is 2.32. The quantitative estimate of drug-likeness (QED) is 0.577. The highest BCUT2D eigenvalue weighted by molar-refractivity contribution is 5.81. The van der Waals surface area contributed by atoms with Gasteiger partial charge in [-0.1, -0.05) is 24.9 Å². The van der Waals surface area contributed by atoms with E-state index in [0.717, 1.165) is 61.9 Å². The zero-order valence-electron chi connectivity index (χ0n) is 17.8. The van der Waals surface area contributed by atoms with Gasteiger partial charge in [0.25, 0.3) is 0 Å². The molecule has 28 heavy (non-hydrogen) atoms. The van der Waals surface area contributed by atoms with Gasteiger partial charge in [0.15, 0.2) is 5.96 Å². The summed E-state index contributed by atoms with van der Waals surface area (Å²) in [6.07, 6.45) is 5.51. The molecule has 1 amide bonds. The molecule has 2 unspecified atom stereocenters. The fourth-order valence-corrected chi connectivity index (χ4v) is 4.54. The van der Waals surface area contributed by atoms with Crippen molar-refractivity contribution in [2.24, 2.45) is 10.9 Å². The number of carbonyl (C=O) groups excluding carboxylic acids is 1. The van der Waals surface area contributed by atoms with E-state index in [9.17, 15) is 4.79 Å². The molecule has 2 heterocycles. The number of amides is 1. The van der Waals surface area contributed by atoms with Gasteiger partial charge >= 0.3 is 0 Å². The van der Waals surface area contributed by atoms with E-state index >= 15 is 0 Å². The van der Waals surface area contributed by atoms with Gasteiger partial charge in [0.2, 0.25) is 5.91 Å². The number of rotatable bonds is 6. The van der Waals surface area contributed by atoms with E-state index < -0.39 is 0 Å². The van der Waals surface area contributed by atoms with Crippen LogP contribution in [0, 0.1) is 19.8 Å². The number of nitrogens with zero attached hydrogens (tertiary/aromatic N) is 3. The summed E-state index contributed by atoms with van der Waals surface area (Å²) in [5, 5.41) is 10.9. The number of guanidine groups is 1. The number of carbonyl (C=O) groups is 1. The van der Waals surface area contributed by atoms with E-state index in [1.165, 1.54) is 12.8 Å². The number of nitrogens with one attached hydrogen (secondary N) is 2. The standard InChI is InChI=1S/C21H35N5O2/c1-5-22-21(23-12-14(2)19-15(3)25-28-16(19)4)24-18-10-11-26(13-18)20(27)17-8-6-7-9-17/h14,17-18H,5-13H2,1-4H3,(H2,22,23,24). The Labute approximate surface area is 168 Å². The summed E-state index contributed by atoms with van der Waals surface area (Å²) in [6.45, 7) is 11.2. The molecular weight excluding hydrogens is 354 g/mol. The van der Waals surface area contributed by atoms with Crippen LogP contribution in [0.15, 0.2) is 9.52 Å². The van der Waals surface area contributed by atoms with Gasteiger partial charge in [-0.3, -0.25) is 9.79 Å². The number of aromatic nitrogens is 1. The number of hydrogen-bond acceptors (Lipinski definition) is 4. The van der Waals surface area contributed by atoms with E-state index in [2.05, 4.69) is 29.6 Å². The summed E-state index contributed by atoms with van der Waals surface area (Å²) in [7, 11) is 0. The third kappa shape index (κ3) is 4.86. The van der Waals surface area contributed by atoms with Crippen LogP contribution in [0.2, 0.25) is 0 Å². The molecule has 1 aliphatic carbocycles. The molecule has 1 aliphatic heterocycles. The second-order valence-corrected chi connectivity index (χ2v) is 8.25. The minimum atomic E-state index is 0.241. The predicted octanol–water partition coefficient (Wildman–Crippen LogP) is 2.74. The first-order valence-electron chi connectivity index (χ1n) is 10.8. The second kappa shape index (κ2) is 9.43. The van der Waals surface area contributed by atoms with Crippen LogP contribution in [0.4, 0.5) is 0 Å². The third-order valence-electron chi connectivity index (χ3n) is 5.99. The fraction of sp³-hybridized carbons (Fsp3) is 0.762. The van der Waals surface area contributed by atoms with Gasteiger partial charge < -0.3 is 20.1 Å². The fourth-order valence-electron chi connectivity index (χ4n) is 4.54. The molecule has 1 aromatic heterocycles. The summed E-state index contributed by atoms with van der Waals surface area (Å²) in [5.41, 5.74) is 2.09. The van der Waals surface area contributed by atoms with E-state index in [1.807, 2.05) is 18.7 Å². The Bertz CT molecular complexity index is 673. The molecule has 7 heteroatoms.